The Hall–Kier alpha value is -0.610. The molecule has 0 saturated heterocycles. The number of hydrogen-bond acceptors (Lipinski definition) is 4. The van der Waals surface area contributed by atoms with Crippen LogP contribution >= 0.6 is 0 Å². The van der Waals surface area contributed by atoms with Crippen molar-refractivity contribution in [1.82, 2.24) is 10.2 Å². The van der Waals surface area contributed by atoms with E-state index < -0.39 is 5.54 Å². The molecular formula is C17H36N2O2. The smallest absolute Gasteiger partial charge is 0.326 e. The van der Waals surface area contributed by atoms with Crippen LogP contribution in [0, 0.1) is 5.92 Å². The molecule has 0 aromatic heterocycles. The van der Waals surface area contributed by atoms with Crippen LogP contribution < -0.4 is 5.32 Å². The van der Waals surface area contributed by atoms with Crippen molar-refractivity contribution in [2.75, 3.05) is 26.7 Å². The highest BCUT2D eigenvalue weighted by Crippen LogP contribution is 2.17. The highest BCUT2D eigenvalue weighted by atomic mass is 16.5. The molecule has 0 rings (SSSR count). The van der Waals surface area contributed by atoms with Crippen LogP contribution in [0.1, 0.15) is 60.8 Å². The summed E-state index contributed by atoms with van der Waals surface area (Å²) >= 11 is 0. The van der Waals surface area contributed by atoms with Gasteiger partial charge in [0.1, 0.15) is 5.54 Å². The summed E-state index contributed by atoms with van der Waals surface area (Å²) in [5.41, 5.74) is -0.569. The Morgan fingerprint density at radius 2 is 1.86 bits per heavy atom. The lowest BCUT2D eigenvalue weighted by Crippen LogP contribution is -2.53. The average molecular weight is 300 g/mol. The monoisotopic (exact) mass is 300 g/mol. The fourth-order valence-corrected chi connectivity index (χ4v) is 2.74. The number of nitrogens with zero attached hydrogens (tertiary/aromatic N) is 1. The molecule has 0 spiro atoms. The molecule has 0 aromatic rings. The van der Waals surface area contributed by atoms with E-state index in [4.69, 9.17) is 4.74 Å². The number of rotatable bonds is 11. The molecule has 0 saturated carbocycles. The van der Waals surface area contributed by atoms with Gasteiger partial charge in [0.05, 0.1) is 6.61 Å². The second-order valence-electron chi connectivity index (χ2n) is 6.96. The molecule has 0 aliphatic rings. The lowest BCUT2D eigenvalue weighted by molar-refractivity contribution is -0.151. The summed E-state index contributed by atoms with van der Waals surface area (Å²) in [7, 11) is 2.16. The van der Waals surface area contributed by atoms with E-state index in [2.05, 4.69) is 45.0 Å². The SMILES string of the molecule is CCOC(=O)C(C)(CCCCN(C)CC(C)C)NC(C)C. The van der Waals surface area contributed by atoms with Gasteiger partial charge in [-0.3, -0.25) is 10.1 Å². The molecule has 4 heteroatoms. The van der Waals surface area contributed by atoms with Crippen LogP contribution in [0.3, 0.4) is 0 Å². The van der Waals surface area contributed by atoms with Crippen LogP contribution in [0.25, 0.3) is 0 Å². The van der Waals surface area contributed by atoms with Crippen molar-refractivity contribution in [3.63, 3.8) is 0 Å². The predicted octanol–water partition coefficient (Wildman–Crippen LogP) is 3.06. The standard InChI is InChI=1S/C17H36N2O2/c1-8-21-16(20)17(6,18-15(4)5)11-9-10-12-19(7)13-14(2)3/h14-15,18H,8-13H2,1-7H3. The fourth-order valence-electron chi connectivity index (χ4n) is 2.74. The van der Waals surface area contributed by atoms with Crippen LogP contribution in [0.2, 0.25) is 0 Å². The Balaban J connectivity index is 4.27. The molecule has 0 radical (unpaired) electrons. The van der Waals surface area contributed by atoms with Crippen LogP contribution in [0.15, 0.2) is 0 Å². The maximum Gasteiger partial charge on any atom is 0.326 e. The van der Waals surface area contributed by atoms with Gasteiger partial charge in [0.25, 0.3) is 0 Å². The molecule has 1 unspecified atom stereocenters. The van der Waals surface area contributed by atoms with Crippen molar-refractivity contribution in [3.05, 3.63) is 0 Å². The molecule has 0 fully saturated rings. The topological polar surface area (TPSA) is 41.6 Å². The third-order valence-electron chi connectivity index (χ3n) is 3.48. The zero-order chi connectivity index (χ0) is 16.5. The number of hydrogen-bond donors (Lipinski definition) is 1. The summed E-state index contributed by atoms with van der Waals surface area (Å²) in [6.45, 7) is 15.1. The first-order valence-corrected chi connectivity index (χ1v) is 8.34. The first kappa shape index (κ1) is 20.4. The highest BCUT2D eigenvalue weighted by molar-refractivity contribution is 5.80. The van der Waals surface area contributed by atoms with Crippen LogP contribution in [-0.4, -0.2) is 49.2 Å². The van der Waals surface area contributed by atoms with E-state index in [1.165, 1.54) is 0 Å². The Morgan fingerprint density at radius 1 is 1.24 bits per heavy atom. The fraction of sp³-hybridized carbons (Fsp3) is 0.941. The van der Waals surface area contributed by atoms with Gasteiger partial charge in [-0.15, -0.1) is 0 Å². The largest absolute Gasteiger partial charge is 0.465 e. The normalized spacial score (nSPS) is 14.8. The predicted molar refractivity (Wildman–Crippen MR) is 89.5 cm³/mol. The lowest BCUT2D eigenvalue weighted by atomic mass is 9.93. The van der Waals surface area contributed by atoms with Gasteiger partial charge in [0, 0.05) is 12.6 Å². The van der Waals surface area contributed by atoms with Crippen molar-refractivity contribution in [1.29, 1.82) is 0 Å². The summed E-state index contributed by atoms with van der Waals surface area (Å²) in [5.74, 6) is 0.566. The van der Waals surface area contributed by atoms with Crippen molar-refractivity contribution in [2.45, 2.75) is 72.4 Å². The molecule has 0 bridgehead atoms. The zero-order valence-corrected chi connectivity index (χ0v) is 15.2. The molecule has 0 amide bonds. The third-order valence-corrected chi connectivity index (χ3v) is 3.48. The second kappa shape index (κ2) is 10.2. The van der Waals surface area contributed by atoms with Crippen molar-refractivity contribution >= 4 is 5.97 Å². The minimum Gasteiger partial charge on any atom is -0.465 e. The molecule has 21 heavy (non-hydrogen) atoms. The van der Waals surface area contributed by atoms with Gasteiger partial charge < -0.3 is 9.64 Å². The molecule has 0 heterocycles. The summed E-state index contributed by atoms with van der Waals surface area (Å²) in [6.07, 6.45) is 2.95. The van der Waals surface area contributed by atoms with Gasteiger partial charge in [-0.25, -0.2) is 0 Å². The Bertz CT molecular complexity index is 293. The number of carbonyl (C=O) groups excluding carboxylic acids is 1. The van der Waals surface area contributed by atoms with Crippen LogP contribution in [0.5, 0.6) is 0 Å². The minimum absolute atomic E-state index is 0.130. The lowest BCUT2D eigenvalue weighted by Gasteiger charge is -2.31. The molecule has 0 aliphatic carbocycles. The highest BCUT2D eigenvalue weighted by Gasteiger charge is 2.34. The molecule has 4 nitrogen and oxygen atoms in total. The number of ether oxygens (including phenoxy) is 1. The number of nitrogens with one attached hydrogen (secondary N) is 1. The van der Waals surface area contributed by atoms with E-state index in [0.29, 0.717) is 12.5 Å². The molecule has 1 N–H and O–H groups in total. The first-order valence-electron chi connectivity index (χ1n) is 8.34. The summed E-state index contributed by atoms with van der Waals surface area (Å²) < 4.78 is 5.23. The Kier molecular flexibility index (Phi) is 9.88. The van der Waals surface area contributed by atoms with Crippen LogP contribution in [-0.2, 0) is 9.53 Å². The van der Waals surface area contributed by atoms with Gasteiger partial charge in [-0.2, -0.15) is 0 Å². The van der Waals surface area contributed by atoms with E-state index in [0.717, 1.165) is 32.4 Å². The summed E-state index contributed by atoms with van der Waals surface area (Å²) in [5, 5.41) is 3.37. The van der Waals surface area contributed by atoms with Crippen molar-refractivity contribution in [2.24, 2.45) is 5.92 Å². The number of carbonyl (C=O) groups is 1. The van der Waals surface area contributed by atoms with Crippen molar-refractivity contribution in [3.8, 4) is 0 Å². The quantitative estimate of drug-likeness (QED) is 0.470. The molecular weight excluding hydrogens is 264 g/mol. The zero-order valence-electron chi connectivity index (χ0n) is 15.2. The van der Waals surface area contributed by atoms with Gasteiger partial charge in [0.2, 0.25) is 0 Å². The number of esters is 1. The minimum atomic E-state index is -0.569. The van der Waals surface area contributed by atoms with E-state index in [9.17, 15) is 4.79 Å². The molecule has 0 aliphatic heterocycles. The van der Waals surface area contributed by atoms with E-state index in [1.54, 1.807) is 0 Å². The van der Waals surface area contributed by atoms with E-state index in [1.807, 2.05) is 13.8 Å². The third kappa shape index (κ3) is 9.10. The maximum atomic E-state index is 12.2. The maximum absolute atomic E-state index is 12.2. The Labute approximate surface area is 131 Å². The second-order valence-corrected chi connectivity index (χ2v) is 6.96. The summed E-state index contributed by atoms with van der Waals surface area (Å²) in [6, 6.07) is 0.267. The van der Waals surface area contributed by atoms with Crippen molar-refractivity contribution < 1.29 is 9.53 Å². The average Bonchev–Trinajstić information content (AvgIpc) is 2.33. The van der Waals surface area contributed by atoms with Gasteiger partial charge in [-0.1, -0.05) is 13.8 Å². The van der Waals surface area contributed by atoms with Crippen LogP contribution in [0.4, 0.5) is 0 Å². The van der Waals surface area contributed by atoms with E-state index >= 15 is 0 Å². The van der Waals surface area contributed by atoms with Gasteiger partial charge >= 0.3 is 5.97 Å². The van der Waals surface area contributed by atoms with Gasteiger partial charge in [-0.05, 0) is 66.5 Å². The molecule has 0 aromatic carbocycles. The van der Waals surface area contributed by atoms with Gasteiger partial charge in [0.15, 0.2) is 0 Å². The van der Waals surface area contributed by atoms with E-state index in [-0.39, 0.29) is 12.0 Å². The summed E-state index contributed by atoms with van der Waals surface area (Å²) in [4.78, 5) is 14.5. The number of unbranched alkanes of at least 4 members (excludes halogenated alkanes) is 1. The Morgan fingerprint density at radius 3 is 2.33 bits per heavy atom. The molecule has 1 atom stereocenters. The molecule has 126 valence electrons. The first-order chi connectivity index (χ1) is 9.71.